The molecule has 0 bridgehead atoms. The van der Waals surface area contributed by atoms with Crippen LogP contribution in [-0.2, 0) is 28.5 Å². The van der Waals surface area contributed by atoms with Gasteiger partial charge in [0, 0.05) is 12.8 Å². The number of ether oxygens (including phenoxy) is 4. The summed E-state index contributed by atoms with van der Waals surface area (Å²) >= 11 is 0. The van der Waals surface area contributed by atoms with Gasteiger partial charge in [-0.2, -0.15) is 0 Å². The second-order valence-electron chi connectivity index (χ2n) is 14.5. The van der Waals surface area contributed by atoms with Crippen molar-refractivity contribution in [2.75, 3.05) is 19.8 Å². The highest BCUT2D eigenvalue weighted by atomic mass is 16.7. The van der Waals surface area contributed by atoms with Crippen molar-refractivity contribution in [1.29, 1.82) is 0 Å². The first-order valence-corrected chi connectivity index (χ1v) is 20.8. The van der Waals surface area contributed by atoms with Crippen molar-refractivity contribution in [1.82, 2.24) is 0 Å². The average Bonchev–Trinajstić information content (AvgIpc) is 3.12. The van der Waals surface area contributed by atoms with Gasteiger partial charge < -0.3 is 39.4 Å². The summed E-state index contributed by atoms with van der Waals surface area (Å²) in [6, 6.07) is 0. The van der Waals surface area contributed by atoms with Gasteiger partial charge in [-0.15, -0.1) is 0 Å². The Hall–Kier alpha value is -1.56. The molecule has 10 heteroatoms. The second kappa shape index (κ2) is 33.0. The van der Waals surface area contributed by atoms with Crippen LogP contribution in [0.4, 0.5) is 0 Å². The Kier molecular flexibility index (Phi) is 30.7. The Balaban J connectivity index is 2.12. The third kappa shape index (κ3) is 26.0. The average molecular weight is 729 g/mol. The lowest BCUT2D eigenvalue weighted by Crippen LogP contribution is -2.59. The highest BCUT2D eigenvalue weighted by molar-refractivity contribution is 5.69. The minimum absolute atomic E-state index is 0.246. The smallest absolute Gasteiger partial charge is 0.305 e. The summed E-state index contributed by atoms with van der Waals surface area (Å²) in [5.74, 6) is -0.811. The Bertz CT molecular complexity index is 852. The molecule has 0 amide bonds. The zero-order valence-corrected chi connectivity index (χ0v) is 32.4. The van der Waals surface area contributed by atoms with Crippen molar-refractivity contribution < 1.29 is 49.0 Å². The fourth-order valence-electron chi connectivity index (χ4n) is 6.23. The Morgan fingerprint density at radius 1 is 0.569 bits per heavy atom. The van der Waals surface area contributed by atoms with E-state index in [1.165, 1.54) is 96.3 Å². The first-order valence-electron chi connectivity index (χ1n) is 20.8. The van der Waals surface area contributed by atoms with Gasteiger partial charge in [-0.1, -0.05) is 142 Å². The molecule has 0 radical (unpaired) electrons. The van der Waals surface area contributed by atoms with Gasteiger partial charge in [0.05, 0.1) is 6.61 Å². The van der Waals surface area contributed by atoms with E-state index in [0.717, 1.165) is 51.4 Å². The Morgan fingerprint density at radius 3 is 1.51 bits per heavy atom. The largest absolute Gasteiger partial charge is 0.463 e. The number of allylic oxidation sites excluding steroid dienone is 2. The van der Waals surface area contributed by atoms with Crippen molar-refractivity contribution in [2.24, 2.45) is 0 Å². The van der Waals surface area contributed by atoms with E-state index in [1.807, 2.05) is 0 Å². The summed E-state index contributed by atoms with van der Waals surface area (Å²) in [7, 11) is 0. The van der Waals surface area contributed by atoms with Crippen molar-refractivity contribution in [3.05, 3.63) is 12.2 Å². The zero-order chi connectivity index (χ0) is 37.4. The van der Waals surface area contributed by atoms with Crippen molar-refractivity contribution >= 4 is 11.9 Å². The van der Waals surface area contributed by atoms with Gasteiger partial charge >= 0.3 is 11.9 Å². The summed E-state index contributed by atoms with van der Waals surface area (Å²) in [5.41, 5.74) is 0. The van der Waals surface area contributed by atoms with E-state index in [9.17, 15) is 30.0 Å². The lowest BCUT2D eigenvalue weighted by molar-refractivity contribution is -0.305. The summed E-state index contributed by atoms with van der Waals surface area (Å²) in [6.07, 6.45) is 25.0. The molecule has 0 aromatic carbocycles. The van der Waals surface area contributed by atoms with E-state index in [1.54, 1.807) is 0 Å². The molecule has 1 unspecified atom stereocenters. The second-order valence-corrected chi connectivity index (χ2v) is 14.5. The first-order chi connectivity index (χ1) is 24.8. The number of aliphatic hydroxyl groups is 4. The molecule has 1 aliphatic rings. The highest BCUT2D eigenvalue weighted by Crippen LogP contribution is 2.23. The maximum absolute atomic E-state index is 12.3. The zero-order valence-electron chi connectivity index (χ0n) is 32.4. The predicted molar refractivity (Wildman–Crippen MR) is 201 cm³/mol. The van der Waals surface area contributed by atoms with Gasteiger partial charge in [-0.25, -0.2) is 0 Å². The molecule has 0 spiro atoms. The number of esters is 2. The molecule has 4 N–H and O–H groups in total. The maximum Gasteiger partial charge on any atom is 0.305 e. The normalized spacial score (nSPS) is 21.3. The molecule has 0 saturated carbocycles. The molecular formula is C41H76O10. The molecule has 0 aromatic heterocycles. The molecular weight excluding hydrogens is 652 g/mol. The summed E-state index contributed by atoms with van der Waals surface area (Å²) in [6.45, 7) is 3.54. The van der Waals surface area contributed by atoms with Crippen LogP contribution in [0.2, 0.25) is 0 Å². The summed E-state index contributed by atoms with van der Waals surface area (Å²) in [5, 5.41) is 41.3. The van der Waals surface area contributed by atoms with Gasteiger partial charge in [-0.3, -0.25) is 9.59 Å². The first kappa shape index (κ1) is 47.5. The summed E-state index contributed by atoms with van der Waals surface area (Å²) in [4.78, 5) is 24.4. The highest BCUT2D eigenvalue weighted by Gasteiger charge is 2.45. The van der Waals surface area contributed by atoms with Crippen LogP contribution in [0.5, 0.6) is 0 Å². The number of rotatable bonds is 34. The van der Waals surface area contributed by atoms with Gasteiger partial charge in [-0.05, 0) is 38.5 Å². The van der Waals surface area contributed by atoms with E-state index < -0.39 is 42.8 Å². The molecule has 6 atom stereocenters. The van der Waals surface area contributed by atoms with Gasteiger partial charge in [0.1, 0.15) is 43.7 Å². The Labute approximate surface area is 310 Å². The molecule has 10 nitrogen and oxygen atoms in total. The van der Waals surface area contributed by atoms with E-state index in [2.05, 4.69) is 26.0 Å². The quantitative estimate of drug-likeness (QED) is 0.0291. The maximum atomic E-state index is 12.3. The fourth-order valence-corrected chi connectivity index (χ4v) is 6.23. The number of carbonyl (C=O) groups excluding carboxylic acids is 2. The minimum Gasteiger partial charge on any atom is -0.463 e. The van der Waals surface area contributed by atoms with Crippen molar-refractivity contribution in [2.45, 2.75) is 218 Å². The number of hydrogen-bond acceptors (Lipinski definition) is 10. The molecule has 1 aliphatic heterocycles. The van der Waals surface area contributed by atoms with Crippen LogP contribution in [0.1, 0.15) is 181 Å². The lowest BCUT2D eigenvalue weighted by atomic mass is 9.99. The summed E-state index contributed by atoms with van der Waals surface area (Å²) < 4.78 is 21.5. The molecule has 1 rings (SSSR count). The van der Waals surface area contributed by atoms with E-state index in [0.29, 0.717) is 6.42 Å². The molecule has 0 aromatic rings. The van der Waals surface area contributed by atoms with Crippen LogP contribution in [0.25, 0.3) is 0 Å². The van der Waals surface area contributed by atoms with Crippen molar-refractivity contribution in [3.63, 3.8) is 0 Å². The monoisotopic (exact) mass is 729 g/mol. The molecule has 0 aliphatic carbocycles. The number of carbonyl (C=O) groups is 2. The number of aliphatic hydroxyl groups excluding tert-OH is 4. The molecule has 300 valence electrons. The third-order valence-electron chi connectivity index (χ3n) is 9.59. The predicted octanol–water partition coefficient (Wildman–Crippen LogP) is 8.00. The van der Waals surface area contributed by atoms with Crippen LogP contribution in [0.15, 0.2) is 12.2 Å². The third-order valence-corrected chi connectivity index (χ3v) is 9.59. The molecule has 1 saturated heterocycles. The number of hydrogen-bond donors (Lipinski definition) is 4. The molecule has 51 heavy (non-hydrogen) atoms. The van der Waals surface area contributed by atoms with Gasteiger partial charge in [0.15, 0.2) is 6.29 Å². The van der Waals surface area contributed by atoms with Crippen LogP contribution in [-0.4, -0.2) is 89.0 Å². The SMILES string of the molecule is CCCCCC/C=C\CCCCCCCC(=O)OC[C@H]1O[C@@H](OCC(O)COC(=O)CCCCCCCCCCCCCCC)[C@H](O)[C@@H](O)[C@H]1O. The van der Waals surface area contributed by atoms with Crippen LogP contribution < -0.4 is 0 Å². The van der Waals surface area contributed by atoms with Gasteiger partial charge in [0.25, 0.3) is 0 Å². The molecule has 1 heterocycles. The Morgan fingerprint density at radius 2 is 1.00 bits per heavy atom. The van der Waals surface area contributed by atoms with E-state index in [4.69, 9.17) is 18.9 Å². The standard InChI is InChI=1S/C41H76O10/c1-3-5-7-9-11-13-15-17-19-21-23-25-27-29-36(43)48-31-34(42)32-50-41-40(47)39(46)38(45)35(51-41)33-49-37(44)30-28-26-24-22-20-18-16-14-12-10-8-6-4-2/h14,16,34-35,38-42,45-47H,3-13,15,17-33H2,1-2H3/b16-14-/t34?,35-,38+,39+,40-,41-/m1/s1. The van der Waals surface area contributed by atoms with E-state index >= 15 is 0 Å². The minimum atomic E-state index is -1.60. The number of unbranched alkanes of at least 4 members (excludes halogenated alkanes) is 21. The van der Waals surface area contributed by atoms with Gasteiger partial charge in [0.2, 0.25) is 0 Å². The fraction of sp³-hybridized carbons (Fsp3) is 0.902. The topological polar surface area (TPSA) is 152 Å². The lowest BCUT2D eigenvalue weighted by Gasteiger charge is -2.40. The van der Waals surface area contributed by atoms with E-state index in [-0.39, 0.29) is 38.6 Å². The van der Waals surface area contributed by atoms with Crippen LogP contribution in [0, 0.1) is 0 Å². The van der Waals surface area contributed by atoms with Crippen LogP contribution >= 0.6 is 0 Å². The molecule has 1 fully saturated rings. The van der Waals surface area contributed by atoms with Crippen LogP contribution in [0.3, 0.4) is 0 Å². The van der Waals surface area contributed by atoms with Crippen molar-refractivity contribution in [3.8, 4) is 0 Å².